The fourth-order valence-corrected chi connectivity index (χ4v) is 2.68. The highest BCUT2D eigenvalue weighted by atomic mass is 16.5. The van der Waals surface area contributed by atoms with Gasteiger partial charge in [-0.05, 0) is 73.2 Å². The number of benzene rings is 3. The maximum atomic E-state index is 12.2. The smallest absolute Gasteiger partial charge is 0.343 e. The van der Waals surface area contributed by atoms with Gasteiger partial charge in [-0.2, -0.15) is 5.10 Å². The van der Waals surface area contributed by atoms with Crippen LogP contribution in [0.1, 0.15) is 31.8 Å². The number of primary amides is 1. The number of carbonyl (C=O) groups excluding carboxylic acids is 4. The summed E-state index contributed by atoms with van der Waals surface area (Å²) in [5.74, 6) is -2.63. The van der Waals surface area contributed by atoms with Gasteiger partial charge >= 0.3 is 17.8 Å². The molecule has 0 fully saturated rings. The average Bonchev–Trinajstić information content (AvgIpc) is 2.80. The third-order valence-corrected chi connectivity index (χ3v) is 4.36. The molecule has 4 N–H and O–H groups in total. The van der Waals surface area contributed by atoms with Gasteiger partial charge in [0.05, 0.1) is 11.8 Å². The van der Waals surface area contributed by atoms with E-state index in [0.717, 1.165) is 5.56 Å². The standard InChI is InChI=1S/C24H20N4O5/c1-15-3-2-4-18(13-15)24(32)33-20-11-5-16(6-12-20)14-26-28-23(31)22(30)27-19-9-7-17(8-10-19)21(25)29/h2-14H,1H3,(H2,25,29)(H,27,30)(H,28,31). The first-order valence-electron chi connectivity index (χ1n) is 9.75. The van der Waals surface area contributed by atoms with Crippen molar-refractivity contribution in [3.63, 3.8) is 0 Å². The van der Waals surface area contributed by atoms with Crippen LogP contribution in [0.3, 0.4) is 0 Å². The van der Waals surface area contributed by atoms with E-state index in [4.69, 9.17) is 10.5 Å². The Balaban J connectivity index is 1.50. The van der Waals surface area contributed by atoms with E-state index in [-0.39, 0.29) is 5.56 Å². The molecule has 9 nitrogen and oxygen atoms in total. The summed E-state index contributed by atoms with van der Waals surface area (Å²) in [6, 6.07) is 19.2. The summed E-state index contributed by atoms with van der Waals surface area (Å²) in [6.07, 6.45) is 1.33. The molecular formula is C24H20N4O5. The van der Waals surface area contributed by atoms with E-state index in [9.17, 15) is 19.2 Å². The molecule has 9 heteroatoms. The number of ether oxygens (including phenoxy) is 1. The van der Waals surface area contributed by atoms with Crippen LogP contribution < -0.4 is 21.2 Å². The van der Waals surface area contributed by atoms with Crippen molar-refractivity contribution in [2.45, 2.75) is 6.92 Å². The van der Waals surface area contributed by atoms with E-state index >= 15 is 0 Å². The number of amides is 3. The fraction of sp³-hybridized carbons (Fsp3) is 0.0417. The fourth-order valence-electron chi connectivity index (χ4n) is 2.68. The van der Waals surface area contributed by atoms with Crippen molar-refractivity contribution >= 4 is 35.6 Å². The van der Waals surface area contributed by atoms with Crippen LogP contribution >= 0.6 is 0 Å². The molecule has 3 rings (SSSR count). The first-order valence-corrected chi connectivity index (χ1v) is 9.75. The highest BCUT2D eigenvalue weighted by Gasteiger charge is 2.13. The predicted octanol–water partition coefficient (Wildman–Crippen LogP) is 2.40. The Bertz CT molecular complexity index is 1220. The van der Waals surface area contributed by atoms with Gasteiger partial charge in [0.2, 0.25) is 5.91 Å². The minimum Gasteiger partial charge on any atom is -0.423 e. The molecule has 0 aliphatic carbocycles. The third-order valence-electron chi connectivity index (χ3n) is 4.36. The van der Waals surface area contributed by atoms with Crippen molar-refractivity contribution in [3.8, 4) is 5.75 Å². The van der Waals surface area contributed by atoms with Crippen molar-refractivity contribution in [2.24, 2.45) is 10.8 Å². The summed E-state index contributed by atoms with van der Waals surface area (Å²) >= 11 is 0. The van der Waals surface area contributed by atoms with E-state index in [2.05, 4.69) is 15.8 Å². The second kappa shape index (κ2) is 10.5. The van der Waals surface area contributed by atoms with Crippen LogP contribution in [0.5, 0.6) is 5.75 Å². The summed E-state index contributed by atoms with van der Waals surface area (Å²) in [4.78, 5) is 47.0. The molecule has 3 aromatic rings. The lowest BCUT2D eigenvalue weighted by atomic mass is 10.1. The first-order chi connectivity index (χ1) is 15.8. The second-order valence-electron chi connectivity index (χ2n) is 6.92. The highest BCUT2D eigenvalue weighted by Crippen LogP contribution is 2.14. The van der Waals surface area contributed by atoms with Crippen LogP contribution in [-0.2, 0) is 9.59 Å². The molecule has 0 aliphatic rings. The number of esters is 1. The van der Waals surface area contributed by atoms with Gasteiger partial charge in [0, 0.05) is 11.3 Å². The summed E-state index contributed by atoms with van der Waals surface area (Å²) in [5, 5.41) is 6.11. The lowest BCUT2D eigenvalue weighted by Gasteiger charge is -2.05. The normalized spacial score (nSPS) is 10.5. The number of anilines is 1. The number of rotatable bonds is 6. The van der Waals surface area contributed by atoms with Crippen molar-refractivity contribution < 1.29 is 23.9 Å². The summed E-state index contributed by atoms with van der Waals surface area (Å²) in [7, 11) is 0. The number of carbonyl (C=O) groups is 4. The molecule has 166 valence electrons. The summed E-state index contributed by atoms with van der Waals surface area (Å²) in [5.41, 5.74) is 9.86. The Morgan fingerprint density at radius 1 is 0.879 bits per heavy atom. The van der Waals surface area contributed by atoms with E-state index in [0.29, 0.717) is 22.6 Å². The summed E-state index contributed by atoms with van der Waals surface area (Å²) in [6.45, 7) is 1.88. The van der Waals surface area contributed by atoms with Crippen LogP contribution in [0.4, 0.5) is 5.69 Å². The molecule has 0 bridgehead atoms. The Morgan fingerprint density at radius 3 is 2.21 bits per heavy atom. The van der Waals surface area contributed by atoms with Gasteiger partial charge in [0.15, 0.2) is 0 Å². The van der Waals surface area contributed by atoms with E-state index in [1.165, 1.54) is 30.5 Å². The van der Waals surface area contributed by atoms with Gasteiger partial charge in [0.1, 0.15) is 5.75 Å². The third kappa shape index (κ3) is 6.59. The molecule has 0 saturated heterocycles. The predicted molar refractivity (Wildman–Crippen MR) is 122 cm³/mol. The number of nitrogens with two attached hydrogens (primary N) is 1. The number of hydrogen-bond acceptors (Lipinski definition) is 6. The molecule has 0 unspecified atom stereocenters. The Hall–Kier alpha value is -4.79. The largest absolute Gasteiger partial charge is 0.423 e. The quantitative estimate of drug-likeness (QED) is 0.176. The van der Waals surface area contributed by atoms with Crippen molar-refractivity contribution in [1.29, 1.82) is 0 Å². The molecule has 33 heavy (non-hydrogen) atoms. The summed E-state index contributed by atoms with van der Waals surface area (Å²) < 4.78 is 5.33. The topological polar surface area (TPSA) is 140 Å². The molecule has 0 atom stereocenters. The SMILES string of the molecule is Cc1cccc(C(=O)Oc2ccc(C=NNC(=O)C(=O)Nc3ccc(C(N)=O)cc3)cc2)c1. The number of nitrogens with one attached hydrogen (secondary N) is 2. The van der Waals surface area contributed by atoms with Crippen molar-refractivity contribution in [2.75, 3.05) is 5.32 Å². The second-order valence-corrected chi connectivity index (χ2v) is 6.92. The van der Waals surface area contributed by atoms with Gasteiger partial charge in [-0.25, -0.2) is 10.2 Å². The van der Waals surface area contributed by atoms with Gasteiger partial charge < -0.3 is 15.8 Å². The molecule has 0 spiro atoms. The van der Waals surface area contributed by atoms with E-state index in [1.807, 2.05) is 13.0 Å². The average molecular weight is 444 g/mol. The maximum absolute atomic E-state index is 12.2. The van der Waals surface area contributed by atoms with E-state index < -0.39 is 23.7 Å². The number of hydrogen-bond donors (Lipinski definition) is 3. The van der Waals surface area contributed by atoms with Crippen molar-refractivity contribution in [1.82, 2.24) is 5.43 Å². The first kappa shape index (κ1) is 22.9. The zero-order valence-corrected chi connectivity index (χ0v) is 17.6. The molecule has 0 aliphatic heterocycles. The zero-order valence-electron chi connectivity index (χ0n) is 17.6. The Morgan fingerprint density at radius 2 is 1.58 bits per heavy atom. The van der Waals surface area contributed by atoms with Crippen molar-refractivity contribution in [3.05, 3.63) is 95.1 Å². The van der Waals surface area contributed by atoms with Crippen LogP contribution in [0, 0.1) is 6.92 Å². The molecule has 0 radical (unpaired) electrons. The zero-order chi connectivity index (χ0) is 23.8. The lowest BCUT2D eigenvalue weighted by Crippen LogP contribution is -2.32. The minimum absolute atomic E-state index is 0.276. The molecular weight excluding hydrogens is 424 g/mol. The van der Waals surface area contributed by atoms with Gasteiger partial charge in [-0.1, -0.05) is 17.7 Å². The van der Waals surface area contributed by atoms with Crippen LogP contribution in [0.25, 0.3) is 0 Å². The van der Waals surface area contributed by atoms with Gasteiger partial charge in [-0.15, -0.1) is 0 Å². The van der Waals surface area contributed by atoms with Gasteiger partial charge in [0.25, 0.3) is 0 Å². The van der Waals surface area contributed by atoms with Crippen LogP contribution in [0.15, 0.2) is 77.9 Å². The van der Waals surface area contributed by atoms with Crippen LogP contribution in [0.2, 0.25) is 0 Å². The maximum Gasteiger partial charge on any atom is 0.343 e. The highest BCUT2D eigenvalue weighted by molar-refractivity contribution is 6.39. The molecule has 3 aromatic carbocycles. The molecule has 3 amide bonds. The Labute approximate surface area is 189 Å². The van der Waals surface area contributed by atoms with E-state index in [1.54, 1.807) is 42.5 Å². The monoisotopic (exact) mass is 444 g/mol. The molecule has 0 saturated carbocycles. The number of nitrogens with zero attached hydrogens (tertiary/aromatic N) is 1. The molecule has 0 aromatic heterocycles. The number of aryl methyl sites for hydroxylation is 1. The van der Waals surface area contributed by atoms with Gasteiger partial charge in [-0.3, -0.25) is 14.4 Å². The minimum atomic E-state index is -0.978. The lowest BCUT2D eigenvalue weighted by molar-refractivity contribution is -0.136. The molecule has 0 heterocycles. The van der Waals surface area contributed by atoms with Crippen LogP contribution in [-0.4, -0.2) is 29.9 Å². The number of hydrazone groups is 1. The Kier molecular flexibility index (Phi) is 7.28.